The molecule has 1 aliphatic rings. The Hall–Kier alpha value is -0.900. The lowest BCUT2D eigenvalue weighted by atomic mass is 10.1. The van der Waals surface area contributed by atoms with E-state index in [0.29, 0.717) is 19.1 Å². The maximum absolute atomic E-state index is 11.0. The molecule has 0 saturated carbocycles. The molecule has 1 fully saturated rings. The van der Waals surface area contributed by atoms with Gasteiger partial charge in [0.1, 0.15) is 0 Å². The molecule has 1 rings (SSSR count). The van der Waals surface area contributed by atoms with E-state index in [1.807, 2.05) is 4.90 Å². The van der Waals surface area contributed by atoms with Crippen molar-refractivity contribution in [3.8, 4) is 0 Å². The van der Waals surface area contributed by atoms with Crippen molar-refractivity contribution >= 4 is 11.8 Å². The Morgan fingerprint density at radius 3 is 2.08 bits per heavy atom. The summed E-state index contributed by atoms with van der Waals surface area (Å²) in [7, 11) is 0. The highest BCUT2D eigenvalue weighted by molar-refractivity contribution is 5.99. The van der Waals surface area contributed by atoms with Crippen LogP contribution < -0.4 is 5.32 Å². The number of amides is 2. The molecule has 1 heterocycles. The molecule has 0 bridgehead atoms. The van der Waals surface area contributed by atoms with Crippen molar-refractivity contribution in [3.63, 3.8) is 0 Å². The van der Waals surface area contributed by atoms with Crippen molar-refractivity contribution in [2.24, 2.45) is 0 Å². The highest BCUT2D eigenvalue weighted by Crippen LogP contribution is 2.09. The summed E-state index contributed by atoms with van der Waals surface area (Å²) in [5, 5.41) is 2.29. The van der Waals surface area contributed by atoms with Crippen molar-refractivity contribution in [2.75, 3.05) is 13.1 Å². The molecule has 0 aromatic heterocycles. The van der Waals surface area contributed by atoms with Gasteiger partial charge in [-0.2, -0.15) is 0 Å². The summed E-state index contributed by atoms with van der Waals surface area (Å²) in [4.78, 5) is 24.0. The second-order valence-corrected chi connectivity index (χ2v) is 3.35. The molecule has 1 saturated heterocycles. The number of imide groups is 1. The van der Waals surface area contributed by atoms with Gasteiger partial charge < -0.3 is 0 Å². The van der Waals surface area contributed by atoms with Crippen molar-refractivity contribution in [3.05, 3.63) is 0 Å². The Bertz CT molecular complexity index is 196. The molecule has 4 heteroatoms. The molecule has 4 nitrogen and oxygen atoms in total. The molecule has 0 spiro atoms. The molecular formula is C9H16N2O2. The van der Waals surface area contributed by atoms with E-state index in [-0.39, 0.29) is 11.8 Å². The zero-order valence-corrected chi connectivity index (χ0v) is 8.17. The molecule has 0 aromatic rings. The lowest BCUT2D eigenvalue weighted by Crippen LogP contribution is -2.54. The van der Waals surface area contributed by atoms with Gasteiger partial charge in [-0.15, -0.1) is 0 Å². The van der Waals surface area contributed by atoms with Crippen LogP contribution in [-0.2, 0) is 9.59 Å². The van der Waals surface area contributed by atoms with Crippen LogP contribution in [-0.4, -0.2) is 35.8 Å². The lowest BCUT2D eigenvalue weighted by molar-refractivity contribution is -0.137. The van der Waals surface area contributed by atoms with Crippen LogP contribution in [0.25, 0.3) is 0 Å². The number of carbonyl (C=O) groups excluding carboxylic acids is 2. The van der Waals surface area contributed by atoms with Crippen LogP contribution in [0.1, 0.15) is 26.7 Å². The first-order chi connectivity index (χ1) is 6.17. The van der Waals surface area contributed by atoms with E-state index in [9.17, 15) is 9.59 Å². The second-order valence-electron chi connectivity index (χ2n) is 3.35. The second kappa shape index (κ2) is 4.37. The standard InChI is InChI=1S/C9H16N2O2/c1-3-7(4-2)11-5-8(12)10-9(13)6-11/h7H,3-6H2,1-2H3,(H,10,12,13). The van der Waals surface area contributed by atoms with Crippen molar-refractivity contribution in [1.82, 2.24) is 10.2 Å². The number of carbonyl (C=O) groups is 2. The maximum Gasteiger partial charge on any atom is 0.240 e. The van der Waals surface area contributed by atoms with Gasteiger partial charge in [0.05, 0.1) is 13.1 Å². The smallest absolute Gasteiger partial charge is 0.240 e. The van der Waals surface area contributed by atoms with Crippen LogP contribution in [0.5, 0.6) is 0 Å². The van der Waals surface area contributed by atoms with E-state index < -0.39 is 0 Å². The molecule has 13 heavy (non-hydrogen) atoms. The third-order valence-corrected chi connectivity index (χ3v) is 2.43. The van der Waals surface area contributed by atoms with Gasteiger partial charge in [-0.25, -0.2) is 0 Å². The van der Waals surface area contributed by atoms with Gasteiger partial charge >= 0.3 is 0 Å². The average Bonchev–Trinajstić information content (AvgIpc) is 2.04. The van der Waals surface area contributed by atoms with E-state index in [1.165, 1.54) is 0 Å². The minimum Gasteiger partial charge on any atom is -0.294 e. The lowest BCUT2D eigenvalue weighted by Gasteiger charge is -2.31. The Morgan fingerprint density at radius 2 is 1.69 bits per heavy atom. The third kappa shape index (κ3) is 2.52. The Kier molecular flexibility index (Phi) is 3.42. The first kappa shape index (κ1) is 10.2. The largest absolute Gasteiger partial charge is 0.294 e. The molecule has 0 aromatic carbocycles. The summed E-state index contributed by atoms with van der Waals surface area (Å²) in [6.07, 6.45) is 1.97. The van der Waals surface area contributed by atoms with Gasteiger partial charge in [-0.05, 0) is 12.8 Å². The maximum atomic E-state index is 11.0. The van der Waals surface area contributed by atoms with E-state index in [4.69, 9.17) is 0 Å². The summed E-state index contributed by atoms with van der Waals surface area (Å²) in [6.45, 7) is 4.87. The number of piperazine rings is 1. The molecule has 0 radical (unpaired) electrons. The monoisotopic (exact) mass is 184 g/mol. The first-order valence-electron chi connectivity index (χ1n) is 4.74. The first-order valence-corrected chi connectivity index (χ1v) is 4.74. The molecule has 74 valence electrons. The minimum absolute atomic E-state index is 0.178. The van der Waals surface area contributed by atoms with Crippen LogP contribution in [0.15, 0.2) is 0 Å². The fourth-order valence-electron chi connectivity index (χ4n) is 1.72. The molecule has 1 aliphatic heterocycles. The Labute approximate surface area is 78.3 Å². The number of hydrogen-bond donors (Lipinski definition) is 1. The quantitative estimate of drug-likeness (QED) is 0.634. The highest BCUT2D eigenvalue weighted by Gasteiger charge is 2.26. The topological polar surface area (TPSA) is 49.4 Å². The fourth-order valence-corrected chi connectivity index (χ4v) is 1.72. The van der Waals surface area contributed by atoms with Gasteiger partial charge in [0.15, 0.2) is 0 Å². The van der Waals surface area contributed by atoms with Crippen molar-refractivity contribution in [1.29, 1.82) is 0 Å². The van der Waals surface area contributed by atoms with Gasteiger partial charge in [0, 0.05) is 6.04 Å². The number of hydrogen-bond acceptors (Lipinski definition) is 3. The number of nitrogens with zero attached hydrogens (tertiary/aromatic N) is 1. The fraction of sp³-hybridized carbons (Fsp3) is 0.778. The molecule has 0 unspecified atom stereocenters. The van der Waals surface area contributed by atoms with Crippen LogP contribution >= 0.6 is 0 Å². The van der Waals surface area contributed by atoms with Gasteiger partial charge in [-0.1, -0.05) is 13.8 Å². The van der Waals surface area contributed by atoms with Crippen molar-refractivity contribution in [2.45, 2.75) is 32.7 Å². The predicted octanol–water partition coefficient (Wildman–Crippen LogP) is 0.133. The number of nitrogens with one attached hydrogen (secondary N) is 1. The third-order valence-electron chi connectivity index (χ3n) is 2.43. The molecule has 0 aliphatic carbocycles. The van der Waals surface area contributed by atoms with Gasteiger partial charge in [0.2, 0.25) is 11.8 Å². The van der Waals surface area contributed by atoms with Gasteiger partial charge in [-0.3, -0.25) is 19.8 Å². The van der Waals surface area contributed by atoms with Crippen LogP contribution in [0.3, 0.4) is 0 Å². The number of rotatable bonds is 3. The summed E-state index contributed by atoms with van der Waals surface area (Å²) >= 11 is 0. The summed E-state index contributed by atoms with van der Waals surface area (Å²) in [5.74, 6) is -0.355. The zero-order valence-electron chi connectivity index (χ0n) is 8.17. The van der Waals surface area contributed by atoms with Crippen LogP contribution in [0, 0.1) is 0 Å². The highest BCUT2D eigenvalue weighted by atomic mass is 16.2. The molecule has 2 amide bonds. The Balaban J connectivity index is 2.58. The normalized spacial score (nSPS) is 19.3. The van der Waals surface area contributed by atoms with Crippen molar-refractivity contribution < 1.29 is 9.59 Å². The minimum atomic E-state index is -0.178. The molecule has 0 atom stereocenters. The summed E-state index contributed by atoms with van der Waals surface area (Å²) in [5.41, 5.74) is 0. The van der Waals surface area contributed by atoms with Crippen LogP contribution in [0.2, 0.25) is 0 Å². The molecular weight excluding hydrogens is 168 g/mol. The SMILES string of the molecule is CCC(CC)N1CC(=O)NC(=O)C1. The van der Waals surface area contributed by atoms with E-state index >= 15 is 0 Å². The summed E-state index contributed by atoms with van der Waals surface area (Å²) < 4.78 is 0. The van der Waals surface area contributed by atoms with E-state index in [2.05, 4.69) is 19.2 Å². The molecule has 1 N–H and O–H groups in total. The van der Waals surface area contributed by atoms with Gasteiger partial charge in [0.25, 0.3) is 0 Å². The Morgan fingerprint density at radius 1 is 1.23 bits per heavy atom. The zero-order chi connectivity index (χ0) is 9.84. The van der Waals surface area contributed by atoms with Crippen LogP contribution in [0.4, 0.5) is 0 Å². The van der Waals surface area contributed by atoms with E-state index in [1.54, 1.807) is 0 Å². The van der Waals surface area contributed by atoms with E-state index in [0.717, 1.165) is 12.8 Å². The average molecular weight is 184 g/mol. The summed E-state index contributed by atoms with van der Waals surface area (Å²) in [6, 6.07) is 0.356. The predicted molar refractivity (Wildman–Crippen MR) is 49.1 cm³/mol.